The molecule has 0 aliphatic heterocycles. The van der Waals surface area contributed by atoms with Crippen LogP contribution in [0.2, 0.25) is 0 Å². The Labute approximate surface area is 110 Å². The number of hydrogen-bond acceptors (Lipinski definition) is 6. The van der Waals surface area contributed by atoms with Gasteiger partial charge in [0.25, 0.3) is 0 Å². The van der Waals surface area contributed by atoms with E-state index in [9.17, 15) is 9.59 Å². The molecule has 0 radical (unpaired) electrons. The Kier molecular flexibility index (Phi) is 13.6. The van der Waals surface area contributed by atoms with Gasteiger partial charge in [0.05, 0.1) is 5.33 Å². The van der Waals surface area contributed by atoms with Crippen LogP contribution in [0.3, 0.4) is 0 Å². The van der Waals surface area contributed by atoms with E-state index in [2.05, 4.69) is 34.9 Å². The zero-order valence-electron chi connectivity index (χ0n) is 10.7. The Balaban J connectivity index is 0. The Morgan fingerprint density at radius 1 is 0.941 bits per heavy atom. The molecule has 0 aliphatic carbocycles. The standard InChI is InChI=1S/C5H9BrO3.C5H10O3/c1-8-5(9-2)4(7)3-6;1-4(6)5(7-2)8-3/h5H,3H2,1-2H3;5H,1-3H3. The lowest BCUT2D eigenvalue weighted by atomic mass is 10.4. The van der Waals surface area contributed by atoms with E-state index in [0.29, 0.717) is 0 Å². The second kappa shape index (κ2) is 12.1. The lowest BCUT2D eigenvalue weighted by Crippen LogP contribution is -2.25. The van der Waals surface area contributed by atoms with Gasteiger partial charge in [0.1, 0.15) is 0 Å². The van der Waals surface area contributed by atoms with Crippen LogP contribution in [0.5, 0.6) is 0 Å². The van der Waals surface area contributed by atoms with Gasteiger partial charge in [0.2, 0.25) is 12.6 Å². The van der Waals surface area contributed by atoms with Gasteiger partial charge in [0, 0.05) is 28.4 Å². The number of halogens is 1. The molecule has 0 spiro atoms. The number of methoxy groups -OCH3 is 4. The first-order valence-corrected chi connectivity index (χ1v) is 5.80. The van der Waals surface area contributed by atoms with Crippen LogP contribution in [0.25, 0.3) is 0 Å². The molecule has 0 fully saturated rings. The summed E-state index contributed by atoms with van der Waals surface area (Å²) in [7, 11) is 5.70. The summed E-state index contributed by atoms with van der Waals surface area (Å²) >= 11 is 2.99. The summed E-state index contributed by atoms with van der Waals surface area (Å²) < 4.78 is 18.5. The van der Waals surface area contributed by atoms with Crippen molar-refractivity contribution in [2.75, 3.05) is 33.8 Å². The average molecular weight is 315 g/mol. The first kappa shape index (κ1) is 19.0. The van der Waals surface area contributed by atoms with Gasteiger partial charge in [0.15, 0.2) is 11.6 Å². The molecule has 0 rings (SSSR count). The molecule has 0 amide bonds. The van der Waals surface area contributed by atoms with E-state index in [1.807, 2.05) is 0 Å². The molecule has 0 heterocycles. The summed E-state index contributed by atoms with van der Waals surface area (Å²) in [6.45, 7) is 1.41. The Bertz CT molecular complexity index is 213. The zero-order valence-corrected chi connectivity index (χ0v) is 12.3. The van der Waals surface area contributed by atoms with Gasteiger partial charge in [-0.1, -0.05) is 15.9 Å². The largest absolute Gasteiger partial charge is 0.349 e. The van der Waals surface area contributed by atoms with E-state index in [4.69, 9.17) is 0 Å². The molecule has 0 saturated heterocycles. The molecule has 0 atom stereocenters. The summed E-state index contributed by atoms with van der Waals surface area (Å²) in [6, 6.07) is 0. The van der Waals surface area contributed by atoms with Crippen LogP contribution >= 0.6 is 15.9 Å². The number of carbonyl (C=O) groups excluding carboxylic acids is 2. The van der Waals surface area contributed by atoms with Crippen LogP contribution in [0, 0.1) is 0 Å². The van der Waals surface area contributed by atoms with Crippen LogP contribution in [0.1, 0.15) is 6.92 Å². The van der Waals surface area contributed by atoms with Gasteiger partial charge < -0.3 is 18.9 Å². The van der Waals surface area contributed by atoms with Gasteiger partial charge in [-0.05, 0) is 6.92 Å². The molecule has 6 nitrogen and oxygen atoms in total. The second-order valence-corrected chi connectivity index (χ2v) is 3.38. The van der Waals surface area contributed by atoms with Crippen molar-refractivity contribution in [3.8, 4) is 0 Å². The van der Waals surface area contributed by atoms with E-state index >= 15 is 0 Å². The number of alkyl halides is 1. The van der Waals surface area contributed by atoms with E-state index in [1.54, 1.807) is 0 Å². The van der Waals surface area contributed by atoms with Crippen LogP contribution in [-0.2, 0) is 28.5 Å². The second-order valence-electron chi connectivity index (χ2n) is 2.82. The molecular formula is C10H19BrO6. The van der Waals surface area contributed by atoms with E-state index in [1.165, 1.54) is 35.4 Å². The Morgan fingerprint density at radius 2 is 1.29 bits per heavy atom. The fraction of sp³-hybridized carbons (Fsp3) is 0.800. The highest BCUT2D eigenvalue weighted by atomic mass is 79.9. The predicted molar refractivity (Wildman–Crippen MR) is 65.1 cm³/mol. The SMILES string of the molecule is COC(OC)C(=O)CBr.COC(OC)C(C)=O. The third-order valence-corrected chi connectivity index (χ3v) is 2.14. The molecule has 17 heavy (non-hydrogen) atoms. The fourth-order valence-electron chi connectivity index (χ4n) is 0.850. The first-order valence-electron chi connectivity index (χ1n) is 4.68. The molecule has 0 saturated carbocycles. The fourth-order valence-corrected chi connectivity index (χ4v) is 1.11. The predicted octanol–water partition coefficient (Wildman–Crippen LogP) is 0.764. The number of carbonyl (C=O) groups is 2. The minimum Gasteiger partial charge on any atom is -0.349 e. The summed E-state index contributed by atoms with van der Waals surface area (Å²) in [6.07, 6.45) is -1.40. The van der Waals surface area contributed by atoms with E-state index in [-0.39, 0.29) is 16.9 Å². The molecule has 0 unspecified atom stereocenters. The Morgan fingerprint density at radius 3 is 1.35 bits per heavy atom. The minimum absolute atomic E-state index is 0.111. The summed E-state index contributed by atoms with van der Waals surface area (Å²) in [5.41, 5.74) is 0. The molecule has 0 aromatic carbocycles. The minimum atomic E-state index is -0.718. The molecule has 0 aliphatic rings. The van der Waals surface area contributed by atoms with Gasteiger partial charge in [-0.3, -0.25) is 9.59 Å². The topological polar surface area (TPSA) is 71.1 Å². The normalized spacial score (nSPS) is 10.1. The number of ether oxygens (including phenoxy) is 4. The van der Waals surface area contributed by atoms with Crippen molar-refractivity contribution in [2.24, 2.45) is 0 Å². The Hall–Kier alpha value is -0.340. The van der Waals surface area contributed by atoms with Crippen molar-refractivity contribution in [3.05, 3.63) is 0 Å². The highest BCUT2D eigenvalue weighted by Gasteiger charge is 2.13. The maximum Gasteiger partial charge on any atom is 0.218 e. The van der Waals surface area contributed by atoms with E-state index in [0.717, 1.165) is 0 Å². The van der Waals surface area contributed by atoms with Crippen LogP contribution in [-0.4, -0.2) is 57.9 Å². The zero-order chi connectivity index (χ0) is 13.8. The monoisotopic (exact) mass is 314 g/mol. The summed E-state index contributed by atoms with van der Waals surface area (Å²) in [5, 5.41) is 0.263. The van der Waals surface area contributed by atoms with Gasteiger partial charge in [-0.15, -0.1) is 0 Å². The van der Waals surface area contributed by atoms with E-state index < -0.39 is 12.6 Å². The average Bonchev–Trinajstić information content (AvgIpc) is 2.32. The molecule has 0 aromatic rings. The molecule has 0 aromatic heterocycles. The van der Waals surface area contributed by atoms with Gasteiger partial charge in [-0.25, -0.2) is 0 Å². The maximum absolute atomic E-state index is 10.7. The van der Waals surface area contributed by atoms with Crippen molar-refractivity contribution in [1.29, 1.82) is 0 Å². The highest BCUT2D eigenvalue weighted by Crippen LogP contribution is 1.95. The maximum atomic E-state index is 10.7. The lowest BCUT2D eigenvalue weighted by molar-refractivity contribution is -0.154. The molecule has 7 heteroatoms. The third kappa shape index (κ3) is 9.37. The number of hydrogen-bond donors (Lipinski definition) is 0. The van der Waals surface area contributed by atoms with Crippen LogP contribution < -0.4 is 0 Å². The van der Waals surface area contributed by atoms with Crippen molar-refractivity contribution in [2.45, 2.75) is 19.5 Å². The van der Waals surface area contributed by atoms with Crippen molar-refractivity contribution >= 4 is 27.5 Å². The highest BCUT2D eigenvalue weighted by molar-refractivity contribution is 9.09. The molecular weight excluding hydrogens is 296 g/mol. The molecule has 102 valence electrons. The first-order chi connectivity index (χ1) is 7.98. The molecule has 0 bridgehead atoms. The van der Waals surface area contributed by atoms with Gasteiger partial charge in [-0.2, -0.15) is 0 Å². The quantitative estimate of drug-likeness (QED) is 0.510. The number of rotatable bonds is 7. The smallest absolute Gasteiger partial charge is 0.218 e. The number of Topliss-reactive ketones (excluding diaryl/α,β-unsaturated/α-hetero) is 2. The van der Waals surface area contributed by atoms with Crippen molar-refractivity contribution in [3.63, 3.8) is 0 Å². The van der Waals surface area contributed by atoms with Crippen LogP contribution in [0.15, 0.2) is 0 Å². The summed E-state index contributed by atoms with van der Waals surface area (Å²) in [5.74, 6) is -0.227. The van der Waals surface area contributed by atoms with Crippen LogP contribution in [0.4, 0.5) is 0 Å². The van der Waals surface area contributed by atoms with Crippen molar-refractivity contribution < 1.29 is 28.5 Å². The molecule has 0 N–H and O–H groups in total. The van der Waals surface area contributed by atoms with Gasteiger partial charge >= 0.3 is 0 Å². The van der Waals surface area contributed by atoms with Crippen molar-refractivity contribution in [1.82, 2.24) is 0 Å². The lowest BCUT2D eigenvalue weighted by Gasteiger charge is -2.08. The third-order valence-electron chi connectivity index (χ3n) is 1.58. The summed E-state index contributed by atoms with van der Waals surface area (Å²) in [4.78, 5) is 21.0. The number of ketones is 2.